The largest absolute Gasteiger partial charge is 0.462 e. The summed E-state index contributed by atoms with van der Waals surface area (Å²) < 4.78 is 16.8. The molecule has 380 valence electrons. The maximum atomic E-state index is 12.8. The zero-order valence-electron chi connectivity index (χ0n) is 43.4. The summed E-state index contributed by atoms with van der Waals surface area (Å²) >= 11 is 0. The van der Waals surface area contributed by atoms with E-state index in [1.165, 1.54) is 96.3 Å². The predicted molar refractivity (Wildman–Crippen MR) is 288 cm³/mol. The number of carbonyl (C=O) groups is 3. The van der Waals surface area contributed by atoms with Crippen molar-refractivity contribution in [1.82, 2.24) is 0 Å². The summed E-state index contributed by atoms with van der Waals surface area (Å²) in [7, 11) is 0. The highest BCUT2D eigenvalue weighted by Crippen LogP contribution is 2.16. The first-order valence-corrected chi connectivity index (χ1v) is 27.5. The zero-order chi connectivity index (χ0) is 48.6. The van der Waals surface area contributed by atoms with E-state index in [-0.39, 0.29) is 31.1 Å². The van der Waals surface area contributed by atoms with Crippen molar-refractivity contribution in [2.45, 2.75) is 245 Å². The van der Waals surface area contributed by atoms with E-state index in [9.17, 15) is 14.4 Å². The second kappa shape index (κ2) is 54.7. The van der Waals surface area contributed by atoms with E-state index in [1.54, 1.807) is 0 Å². The van der Waals surface area contributed by atoms with Gasteiger partial charge in [-0.1, -0.05) is 265 Å². The van der Waals surface area contributed by atoms with Crippen LogP contribution in [-0.4, -0.2) is 37.2 Å². The third-order valence-corrected chi connectivity index (χ3v) is 11.5. The normalized spacial score (nSPS) is 12.9. The quantitative estimate of drug-likeness (QED) is 0.0199. The van der Waals surface area contributed by atoms with E-state index >= 15 is 0 Å². The maximum Gasteiger partial charge on any atom is 0.306 e. The minimum absolute atomic E-state index is 0.101. The van der Waals surface area contributed by atoms with Crippen LogP contribution in [0, 0.1) is 0 Å². The van der Waals surface area contributed by atoms with Crippen molar-refractivity contribution in [3.63, 3.8) is 0 Å². The Kier molecular flexibility index (Phi) is 51.5. The molecule has 0 rings (SSSR count). The summed E-state index contributed by atoms with van der Waals surface area (Å²) in [4.78, 5) is 38.1. The third kappa shape index (κ3) is 52.9. The first-order chi connectivity index (χ1) is 33.0. The van der Waals surface area contributed by atoms with Gasteiger partial charge in [-0.2, -0.15) is 0 Å². The van der Waals surface area contributed by atoms with Crippen molar-refractivity contribution in [3.05, 3.63) is 109 Å². The molecule has 67 heavy (non-hydrogen) atoms. The number of hydrogen-bond acceptors (Lipinski definition) is 6. The first kappa shape index (κ1) is 63.1. The molecule has 0 aromatic rings. The summed E-state index contributed by atoms with van der Waals surface area (Å²) in [5.41, 5.74) is 0. The summed E-state index contributed by atoms with van der Waals surface area (Å²) in [5, 5.41) is 0. The average Bonchev–Trinajstić information content (AvgIpc) is 3.33. The van der Waals surface area contributed by atoms with Gasteiger partial charge >= 0.3 is 17.9 Å². The van der Waals surface area contributed by atoms with Gasteiger partial charge in [-0.25, -0.2) is 0 Å². The summed E-state index contributed by atoms with van der Waals surface area (Å²) in [6.45, 7) is 6.34. The van der Waals surface area contributed by atoms with Crippen LogP contribution in [0.1, 0.15) is 239 Å². The van der Waals surface area contributed by atoms with Gasteiger partial charge in [0.2, 0.25) is 0 Å². The molecule has 0 amide bonds. The van der Waals surface area contributed by atoms with Crippen molar-refractivity contribution >= 4 is 17.9 Å². The fourth-order valence-corrected chi connectivity index (χ4v) is 7.40. The van der Waals surface area contributed by atoms with Gasteiger partial charge in [0.05, 0.1) is 0 Å². The van der Waals surface area contributed by atoms with E-state index in [4.69, 9.17) is 14.2 Å². The van der Waals surface area contributed by atoms with Crippen LogP contribution >= 0.6 is 0 Å². The Labute approximate surface area is 412 Å². The molecule has 0 fully saturated rings. The molecule has 0 aromatic carbocycles. The Morgan fingerprint density at radius 2 is 0.657 bits per heavy atom. The highest BCUT2D eigenvalue weighted by molar-refractivity contribution is 5.71. The number of hydrogen-bond donors (Lipinski definition) is 0. The Balaban J connectivity index is 4.47. The molecule has 0 bridgehead atoms. The minimum atomic E-state index is -0.803. The first-order valence-electron chi connectivity index (χ1n) is 27.5. The van der Waals surface area contributed by atoms with Crippen LogP contribution in [-0.2, 0) is 28.6 Å². The second-order valence-corrected chi connectivity index (χ2v) is 17.9. The van der Waals surface area contributed by atoms with Gasteiger partial charge in [-0.05, 0) is 64.2 Å². The van der Waals surface area contributed by atoms with Crippen molar-refractivity contribution in [1.29, 1.82) is 0 Å². The molecule has 0 radical (unpaired) electrons. The van der Waals surface area contributed by atoms with Crippen molar-refractivity contribution in [3.8, 4) is 0 Å². The number of rotatable bonds is 48. The van der Waals surface area contributed by atoms with E-state index in [0.29, 0.717) is 19.3 Å². The molecule has 1 unspecified atom stereocenters. The second-order valence-electron chi connectivity index (χ2n) is 17.9. The van der Waals surface area contributed by atoms with Crippen LogP contribution in [0.2, 0.25) is 0 Å². The van der Waals surface area contributed by atoms with Gasteiger partial charge in [0.1, 0.15) is 13.2 Å². The van der Waals surface area contributed by atoms with E-state index in [0.717, 1.165) is 103 Å². The molecular weight excluding hydrogens is 829 g/mol. The Morgan fingerprint density at radius 1 is 0.328 bits per heavy atom. The van der Waals surface area contributed by atoms with Crippen LogP contribution in [0.3, 0.4) is 0 Å². The van der Waals surface area contributed by atoms with Crippen molar-refractivity contribution in [2.75, 3.05) is 13.2 Å². The Hall–Kier alpha value is -3.93. The summed E-state index contributed by atoms with van der Waals surface area (Å²) in [6.07, 6.45) is 73.6. The molecule has 6 nitrogen and oxygen atoms in total. The maximum absolute atomic E-state index is 12.8. The van der Waals surface area contributed by atoms with Crippen molar-refractivity contribution < 1.29 is 28.6 Å². The molecule has 6 heteroatoms. The monoisotopic (exact) mass is 929 g/mol. The van der Waals surface area contributed by atoms with Crippen LogP contribution in [0.5, 0.6) is 0 Å². The van der Waals surface area contributed by atoms with E-state index in [2.05, 4.69) is 57.2 Å². The zero-order valence-corrected chi connectivity index (χ0v) is 43.4. The molecule has 1 atom stereocenters. The van der Waals surface area contributed by atoms with Gasteiger partial charge in [0.25, 0.3) is 0 Å². The lowest BCUT2D eigenvalue weighted by molar-refractivity contribution is -0.167. The van der Waals surface area contributed by atoms with E-state index < -0.39 is 6.10 Å². The SMILES string of the molecule is CC\C=C/C=C\C=C/C=C\C=C\C=C/C=C\CCCCCC(=O)OCC(COC(=O)CCCCCCC/C=C\C/C=C\CC)OC(=O)CCCCCCCCCCCCCCCCCCCC. The molecule has 0 heterocycles. The molecule has 0 saturated heterocycles. The lowest BCUT2D eigenvalue weighted by atomic mass is 10.0. The number of ether oxygens (including phenoxy) is 3. The van der Waals surface area contributed by atoms with Gasteiger partial charge in [-0.3, -0.25) is 14.4 Å². The standard InChI is InChI=1S/C61H100O6/c1-4-7-10-13-16-19-22-25-27-29-31-33-34-36-39-42-45-48-51-54-60(63)66-57-58(56-65-59(62)53-50-47-44-41-38-24-21-18-15-12-9-6-3)67-61(64)55-52-49-46-43-40-37-35-32-30-28-26-23-20-17-14-11-8-5-2/h7,9-10,12-13,16,18-19,21-22,25,27,29,31,33-34,36,39,58H,4-6,8,11,14-15,17,20,23-24,26,28,30,32,35,37-38,40-57H2,1-3H3/b10-7-,12-9-,16-13-,21-18-,22-19-,27-25-,31-29+,34-33-,39-36-. The number of esters is 3. The Morgan fingerprint density at radius 3 is 1.09 bits per heavy atom. The van der Waals surface area contributed by atoms with Gasteiger partial charge in [0, 0.05) is 19.3 Å². The number of allylic oxidation sites excluding steroid dienone is 18. The highest BCUT2D eigenvalue weighted by Gasteiger charge is 2.19. The molecule has 0 aliphatic carbocycles. The van der Waals surface area contributed by atoms with Crippen molar-refractivity contribution in [2.24, 2.45) is 0 Å². The van der Waals surface area contributed by atoms with Crippen LogP contribution in [0.15, 0.2) is 109 Å². The lowest BCUT2D eigenvalue weighted by Crippen LogP contribution is -2.30. The fourth-order valence-electron chi connectivity index (χ4n) is 7.40. The summed E-state index contributed by atoms with van der Waals surface area (Å²) in [5.74, 6) is -0.959. The van der Waals surface area contributed by atoms with Crippen LogP contribution < -0.4 is 0 Å². The molecule has 0 aliphatic rings. The molecule has 0 spiro atoms. The molecule has 0 aliphatic heterocycles. The highest BCUT2D eigenvalue weighted by atomic mass is 16.6. The summed E-state index contributed by atoms with van der Waals surface area (Å²) in [6, 6.07) is 0. The topological polar surface area (TPSA) is 78.9 Å². The predicted octanol–water partition coefficient (Wildman–Crippen LogP) is 18.3. The number of carbonyl (C=O) groups excluding carboxylic acids is 3. The lowest BCUT2D eigenvalue weighted by Gasteiger charge is -2.18. The molecule has 0 aromatic heterocycles. The van der Waals surface area contributed by atoms with E-state index in [1.807, 2.05) is 72.9 Å². The number of unbranched alkanes of at least 4 members (excludes halogenated alkanes) is 25. The van der Waals surface area contributed by atoms with Gasteiger partial charge < -0.3 is 14.2 Å². The third-order valence-electron chi connectivity index (χ3n) is 11.5. The molecular formula is C61H100O6. The van der Waals surface area contributed by atoms with Crippen LogP contribution in [0.25, 0.3) is 0 Å². The average molecular weight is 929 g/mol. The van der Waals surface area contributed by atoms with Gasteiger partial charge in [-0.15, -0.1) is 0 Å². The van der Waals surface area contributed by atoms with Gasteiger partial charge in [0.15, 0.2) is 6.10 Å². The smallest absolute Gasteiger partial charge is 0.306 e. The Bertz CT molecular complexity index is 1390. The fraction of sp³-hybridized carbons (Fsp3) is 0.656. The molecule has 0 saturated carbocycles. The minimum Gasteiger partial charge on any atom is -0.462 e. The van der Waals surface area contributed by atoms with Crippen LogP contribution in [0.4, 0.5) is 0 Å². The molecule has 0 N–H and O–H groups in total.